The van der Waals surface area contributed by atoms with Crippen LogP contribution in [0.3, 0.4) is 0 Å². The number of H-pyrrole nitrogens is 1. The van der Waals surface area contributed by atoms with E-state index in [1.807, 2.05) is 25.1 Å². The van der Waals surface area contributed by atoms with Crippen molar-refractivity contribution in [1.82, 2.24) is 15.3 Å². The maximum Gasteiger partial charge on any atom is 0.104 e. The lowest BCUT2D eigenvalue weighted by Gasteiger charge is -2.23. The van der Waals surface area contributed by atoms with E-state index in [2.05, 4.69) is 36.1 Å². The first-order valence-corrected chi connectivity index (χ1v) is 6.24. The molecule has 4 heteroatoms. The summed E-state index contributed by atoms with van der Waals surface area (Å²) in [6.07, 6.45) is -0.503. The largest absolute Gasteiger partial charge is 0.387 e. The number of hydrogen-bond donors (Lipinski definition) is 3. The van der Waals surface area contributed by atoms with E-state index in [1.165, 1.54) is 0 Å². The van der Waals surface area contributed by atoms with Gasteiger partial charge in [-0.15, -0.1) is 0 Å². The number of imidazole rings is 1. The number of rotatable bonds is 3. The lowest BCUT2D eigenvalue weighted by molar-refractivity contribution is 0.163. The third kappa shape index (κ3) is 3.09. The summed E-state index contributed by atoms with van der Waals surface area (Å²) in [6, 6.07) is 5.83. The van der Waals surface area contributed by atoms with Gasteiger partial charge in [0.15, 0.2) is 0 Å². The highest BCUT2D eigenvalue weighted by molar-refractivity contribution is 5.75. The molecule has 0 amide bonds. The van der Waals surface area contributed by atoms with Crippen molar-refractivity contribution < 1.29 is 5.11 Å². The fourth-order valence-electron chi connectivity index (χ4n) is 1.88. The number of nitrogens with one attached hydrogen (secondary N) is 2. The zero-order valence-corrected chi connectivity index (χ0v) is 11.4. The fraction of sp³-hybridized carbons (Fsp3) is 0.500. The number of fused-ring (bicyclic) bond motifs is 1. The summed E-state index contributed by atoms with van der Waals surface area (Å²) in [5.74, 6) is 0.893. The average molecular weight is 247 g/mol. The first-order valence-electron chi connectivity index (χ1n) is 6.24. The maximum absolute atomic E-state index is 10.2. The Bertz CT molecular complexity index is 539. The number of aliphatic hydroxyl groups is 1. The van der Waals surface area contributed by atoms with Crippen molar-refractivity contribution in [3.05, 3.63) is 29.6 Å². The molecule has 18 heavy (non-hydrogen) atoms. The maximum atomic E-state index is 10.2. The molecular weight excluding hydrogens is 226 g/mol. The summed E-state index contributed by atoms with van der Waals surface area (Å²) >= 11 is 0. The minimum Gasteiger partial charge on any atom is -0.387 e. The normalized spacial score (nSPS) is 14.1. The van der Waals surface area contributed by atoms with Gasteiger partial charge in [-0.1, -0.05) is 6.07 Å². The molecule has 2 aromatic rings. The molecule has 0 aliphatic carbocycles. The van der Waals surface area contributed by atoms with Gasteiger partial charge < -0.3 is 15.4 Å². The van der Waals surface area contributed by atoms with Crippen LogP contribution in [-0.4, -0.2) is 27.2 Å². The van der Waals surface area contributed by atoms with Gasteiger partial charge in [-0.25, -0.2) is 4.98 Å². The van der Waals surface area contributed by atoms with Gasteiger partial charge >= 0.3 is 0 Å². The van der Waals surface area contributed by atoms with Gasteiger partial charge in [0.2, 0.25) is 0 Å². The minimum absolute atomic E-state index is 0.00958. The average Bonchev–Trinajstić information content (AvgIpc) is 2.63. The second kappa shape index (κ2) is 4.71. The predicted molar refractivity (Wildman–Crippen MR) is 73.5 cm³/mol. The second-order valence-corrected chi connectivity index (χ2v) is 5.75. The molecule has 0 unspecified atom stereocenters. The highest BCUT2D eigenvalue weighted by Gasteiger charge is 2.14. The van der Waals surface area contributed by atoms with Crippen LogP contribution in [0.2, 0.25) is 0 Å². The Morgan fingerprint density at radius 1 is 1.39 bits per heavy atom. The lowest BCUT2D eigenvalue weighted by Crippen LogP contribution is -2.38. The van der Waals surface area contributed by atoms with Crippen LogP contribution in [0.25, 0.3) is 11.0 Å². The summed E-state index contributed by atoms with van der Waals surface area (Å²) in [5.41, 5.74) is 2.82. The van der Waals surface area contributed by atoms with Gasteiger partial charge in [0, 0.05) is 12.1 Å². The zero-order chi connectivity index (χ0) is 13.3. The van der Waals surface area contributed by atoms with Crippen molar-refractivity contribution in [1.29, 1.82) is 0 Å². The molecule has 4 nitrogen and oxygen atoms in total. The van der Waals surface area contributed by atoms with Crippen molar-refractivity contribution in [3.8, 4) is 0 Å². The van der Waals surface area contributed by atoms with Gasteiger partial charge in [0.05, 0.1) is 17.1 Å². The molecule has 0 aliphatic rings. The first kappa shape index (κ1) is 13.1. The van der Waals surface area contributed by atoms with Gasteiger partial charge in [-0.3, -0.25) is 0 Å². The topological polar surface area (TPSA) is 60.9 Å². The van der Waals surface area contributed by atoms with Crippen LogP contribution in [0.4, 0.5) is 0 Å². The standard InChI is InChI=1S/C14H21N3O/c1-9-16-11-6-5-10(7-12(11)17-9)13(18)8-15-14(2,3)4/h5-7,13,15,18H,8H2,1-4H3,(H,16,17)/t13-/m0/s1. The molecule has 98 valence electrons. The first-order chi connectivity index (χ1) is 8.35. The van der Waals surface area contributed by atoms with E-state index in [-0.39, 0.29) is 5.54 Å². The quantitative estimate of drug-likeness (QED) is 0.780. The number of aromatic amines is 1. The van der Waals surface area contributed by atoms with Crippen molar-refractivity contribution in [2.75, 3.05) is 6.54 Å². The van der Waals surface area contributed by atoms with Crippen LogP contribution in [0, 0.1) is 6.92 Å². The molecule has 1 aromatic carbocycles. The third-order valence-electron chi connectivity index (χ3n) is 2.83. The molecular formula is C14H21N3O. The van der Waals surface area contributed by atoms with Gasteiger partial charge in [0.1, 0.15) is 5.82 Å². The van der Waals surface area contributed by atoms with E-state index in [4.69, 9.17) is 0 Å². The van der Waals surface area contributed by atoms with E-state index in [0.29, 0.717) is 6.54 Å². The molecule has 1 aromatic heterocycles. The van der Waals surface area contributed by atoms with Crippen LogP contribution in [0.15, 0.2) is 18.2 Å². The molecule has 3 N–H and O–H groups in total. The molecule has 0 radical (unpaired) electrons. The number of hydrogen-bond acceptors (Lipinski definition) is 3. The van der Waals surface area contributed by atoms with Gasteiger partial charge in [0.25, 0.3) is 0 Å². The number of aryl methyl sites for hydroxylation is 1. The van der Waals surface area contributed by atoms with Crippen molar-refractivity contribution in [2.45, 2.75) is 39.3 Å². The van der Waals surface area contributed by atoms with Gasteiger partial charge in [-0.2, -0.15) is 0 Å². The molecule has 0 saturated heterocycles. The Hall–Kier alpha value is -1.39. The smallest absolute Gasteiger partial charge is 0.104 e. The van der Waals surface area contributed by atoms with E-state index in [1.54, 1.807) is 0 Å². The molecule has 0 saturated carbocycles. The van der Waals surface area contributed by atoms with E-state index < -0.39 is 6.10 Å². The highest BCUT2D eigenvalue weighted by Crippen LogP contribution is 2.19. The number of aromatic nitrogens is 2. The molecule has 1 heterocycles. The molecule has 0 aliphatic heterocycles. The number of nitrogens with zero attached hydrogens (tertiary/aromatic N) is 1. The lowest BCUT2D eigenvalue weighted by atomic mass is 10.1. The summed E-state index contributed by atoms with van der Waals surface area (Å²) in [6.45, 7) is 8.73. The third-order valence-corrected chi connectivity index (χ3v) is 2.83. The second-order valence-electron chi connectivity index (χ2n) is 5.75. The van der Waals surface area contributed by atoms with Crippen molar-refractivity contribution in [2.24, 2.45) is 0 Å². The van der Waals surface area contributed by atoms with Crippen LogP contribution in [-0.2, 0) is 0 Å². The van der Waals surface area contributed by atoms with Gasteiger partial charge in [-0.05, 0) is 45.4 Å². The fourth-order valence-corrected chi connectivity index (χ4v) is 1.88. The van der Waals surface area contributed by atoms with Crippen LogP contribution in [0.1, 0.15) is 38.3 Å². The van der Waals surface area contributed by atoms with Crippen LogP contribution in [0.5, 0.6) is 0 Å². The Balaban J connectivity index is 2.14. The Labute approximate surface area is 107 Å². The summed E-state index contributed by atoms with van der Waals surface area (Å²) < 4.78 is 0. The zero-order valence-electron chi connectivity index (χ0n) is 11.4. The molecule has 1 atom stereocenters. The SMILES string of the molecule is Cc1nc2ccc([C@@H](O)CNC(C)(C)C)cc2[nH]1. The Morgan fingerprint density at radius 2 is 2.11 bits per heavy atom. The summed E-state index contributed by atoms with van der Waals surface area (Å²) in [5, 5.41) is 13.5. The summed E-state index contributed by atoms with van der Waals surface area (Å²) in [7, 11) is 0. The van der Waals surface area contributed by atoms with E-state index in [9.17, 15) is 5.11 Å². The molecule has 0 spiro atoms. The molecule has 0 bridgehead atoms. The number of benzene rings is 1. The molecule has 2 rings (SSSR count). The molecule has 0 fully saturated rings. The minimum atomic E-state index is -0.503. The highest BCUT2D eigenvalue weighted by atomic mass is 16.3. The van der Waals surface area contributed by atoms with Crippen LogP contribution < -0.4 is 5.32 Å². The Morgan fingerprint density at radius 3 is 2.78 bits per heavy atom. The van der Waals surface area contributed by atoms with Crippen LogP contribution >= 0.6 is 0 Å². The number of aliphatic hydroxyl groups excluding tert-OH is 1. The monoisotopic (exact) mass is 247 g/mol. The van der Waals surface area contributed by atoms with Crippen molar-refractivity contribution in [3.63, 3.8) is 0 Å². The summed E-state index contributed by atoms with van der Waals surface area (Å²) in [4.78, 5) is 7.53. The predicted octanol–water partition coefficient (Wildman–Crippen LogP) is 2.29. The van der Waals surface area contributed by atoms with E-state index in [0.717, 1.165) is 22.4 Å². The number of β-amino-alcohol motifs (C(OH)–C–C–N with tert-alkyl or cyclic N) is 1. The Kier molecular flexibility index (Phi) is 3.41. The van der Waals surface area contributed by atoms with E-state index >= 15 is 0 Å². The van der Waals surface area contributed by atoms with Crippen molar-refractivity contribution >= 4 is 11.0 Å².